The number of para-hydroxylation sites is 1. The van der Waals surface area contributed by atoms with Crippen LogP contribution in [0, 0.1) is 21.7 Å². The Balaban J connectivity index is 2.53. The molecule has 2 aromatic rings. The van der Waals surface area contributed by atoms with Gasteiger partial charge in [0, 0.05) is 12.1 Å². The molecule has 6 nitrogen and oxygen atoms in total. The van der Waals surface area contributed by atoms with Crippen molar-refractivity contribution in [3.63, 3.8) is 0 Å². The van der Waals surface area contributed by atoms with Crippen molar-refractivity contribution < 1.29 is 23.6 Å². The largest absolute Gasteiger partial charge is 0.478 e. The summed E-state index contributed by atoms with van der Waals surface area (Å²) in [5.41, 5.74) is -1.94. The van der Waals surface area contributed by atoms with E-state index in [0.717, 1.165) is 6.07 Å². The van der Waals surface area contributed by atoms with Gasteiger partial charge in [-0.2, -0.15) is 0 Å². The fourth-order valence-corrected chi connectivity index (χ4v) is 1.68. The van der Waals surface area contributed by atoms with Crippen molar-refractivity contribution in [3.05, 3.63) is 63.7 Å². The third-order valence-electron chi connectivity index (χ3n) is 2.66. The van der Waals surface area contributed by atoms with Crippen LogP contribution in [0.3, 0.4) is 0 Å². The van der Waals surface area contributed by atoms with Crippen molar-refractivity contribution in [2.45, 2.75) is 0 Å². The van der Waals surface area contributed by atoms with Crippen molar-refractivity contribution in [1.82, 2.24) is 0 Å². The third kappa shape index (κ3) is 2.94. The molecule has 0 radical (unpaired) electrons. The van der Waals surface area contributed by atoms with E-state index in [0.29, 0.717) is 12.1 Å². The normalized spacial score (nSPS) is 10.2. The first kappa shape index (κ1) is 14.4. The van der Waals surface area contributed by atoms with Gasteiger partial charge in [0.1, 0.15) is 22.9 Å². The SMILES string of the molecule is O=C(O)c1cc([N+](=O)[O-])c(Nc2ccccc2F)cc1F. The van der Waals surface area contributed by atoms with Crippen LogP contribution in [0.5, 0.6) is 0 Å². The number of nitrogens with zero attached hydrogens (tertiary/aromatic N) is 1. The molecule has 0 aliphatic carbocycles. The number of carboxylic acid groups (broad SMARTS) is 1. The maximum absolute atomic E-state index is 13.6. The number of rotatable bonds is 4. The monoisotopic (exact) mass is 294 g/mol. The van der Waals surface area contributed by atoms with Gasteiger partial charge in [0.2, 0.25) is 0 Å². The van der Waals surface area contributed by atoms with Gasteiger partial charge in [-0.25, -0.2) is 13.6 Å². The minimum atomic E-state index is -1.63. The number of carboxylic acids is 1. The fraction of sp³-hybridized carbons (Fsp3) is 0. The molecule has 0 spiro atoms. The Kier molecular flexibility index (Phi) is 3.79. The summed E-state index contributed by atoms with van der Waals surface area (Å²) in [4.78, 5) is 20.8. The first-order valence-corrected chi connectivity index (χ1v) is 5.63. The highest BCUT2D eigenvalue weighted by Crippen LogP contribution is 2.31. The van der Waals surface area contributed by atoms with Crippen LogP contribution in [0.15, 0.2) is 36.4 Å². The highest BCUT2D eigenvalue weighted by atomic mass is 19.1. The Morgan fingerprint density at radius 2 is 1.81 bits per heavy atom. The molecule has 2 N–H and O–H groups in total. The van der Waals surface area contributed by atoms with Gasteiger partial charge in [0.25, 0.3) is 5.69 Å². The molecule has 0 saturated carbocycles. The molecule has 0 aliphatic rings. The van der Waals surface area contributed by atoms with Gasteiger partial charge in [0.15, 0.2) is 0 Å². The summed E-state index contributed by atoms with van der Waals surface area (Å²) in [6, 6.07) is 6.56. The zero-order valence-corrected chi connectivity index (χ0v) is 10.3. The maximum atomic E-state index is 13.6. The number of hydrogen-bond donors (Lipinski definition) is 2. The minimum absolute atomic E-state index is 0.0944. The molecule has 21 heavy (non-hydrogen) atoms. The number of benzene rings is 2. The second-order valence-electron chi connectivity index (χ2n) is 4.02. The van der Waals surface area contributed by atoms with Crippen LogP contribution in [0.1, 0.15) is 10.4 Å². The fourth-order valence-electron chi connectivity index (χ4n) is 1.68. The number of nitro benzene ring substituents is 1. The molecule has 8 heteroatoms. The number of anilines is 2. The van der Waals surface area contributed by atoms with Crippen molar-refractivity contribution >= 4 is 23.0 Å². The Morgan fingerprint density at radius 1 is 1.14 bits per heavy atom. The molecule has 108 valence electrons. The van der Waals surface area contributed by atoms with E-state index in [-0.39, 0.29) is 11.4 Å². The molecule has 0 heterocycles. The van der Waals surface area contributed by atoms with E-state index in [2.05, 4.69) is 5.32 Å². The molecule has 2 rings (SSSR count). The summed E-state index contributed by atoms with van der Waals surface area (Å²) in [5.74, 6) is -3.48. The molecular formula is C13H8F2N2O4. The van der Waals surface area contributed by atoms with Gasteiger partial charge in [-0.3, -0.25) is 10.1 Å². The minimum Gasteiger partial charge on any atom is -0.478 e. The van der Waals surface area contributed by atoms with Crippen LogP contribution in [0.25, 0.3) is 0 Å². The maximum Gasteiger partial charge on any atom is 0.338 e. The predicted octanol–water partition coefficient (Wildman–Crippen LogP) is 3.31. The lowest BCUT2D eigenvalue weighted by atomic mass is 10.1. The molecule has 0 saturated heterocycles. The molecule has 0 unspecified atom stereocenters. The lowest BCUT2D eigenvalue weighted by Gasteiger charge is -2.09. The second kappa shape index (κ2) is 5.53. The number of aromatic carboxylic acids is 1. The van der Waals surface area contributed by atoms with Gasteiger partial charge in [-0.1, -0.05) is 12.1 Å². The number of hydrogen-bond acceptors (Lipinski definition) is 4. The molecule has 0 atom stereocenters. The van der Waals surface area contributed by atoms with E-state index in [9.17, 15) is 23.7 Å². The third-order valence-corrected chi connectivity index (χ3v) is 2.66. The molecule has 2 aromatic carbocycles. The van der Waals surface area contributed by atoms with Gasteiger partial charge in [-0.05, 0) is 12.1 Å². The summed E-state index contributed by atoms with van der Waals surface area (Å²) < 4.78 is 27.1. The Bertz CT molecular complexity index is 734. The van der Waals surface area contributed by atoms with Crippen LogP contribution in [0.2, 0.25) is 0 Å². The summed E-state index contributed by atoms with van der Waals surface area (Å²) in [6.45, 7) is 0. The first-order valence-electron chi connectivity index (χ1n) is 5.63. The topological polar surface area (TPSA) is 92.5 Å². The van der Waals surface area contributed by atoms with E-state index in [1.807, 2.05) is 0 Å². The van der Waals surface area contributed by atoms with E-state index < -0.39 is 33.8 Å². The van der Waals surface area contributed by atoms with E-state index >= 15 is 0 Å². The summed E-state index contributed by atoms with van der Waals surface area (Å²) in [5, 5.41) is 22.1. The van der Waals surface area contributed by atoms with Crippen molar-refractivity contribution in [3.8, 4) is 0 Å². The molecule has 0 bridgehead atoms. The van der Waals surface area contributed by atoms with Crippen LogP contribution in [-0.4, -0.2) is 16.0 Å². The number of nitro groups is 1. The van der Waals surface area contributed by atoms with Crippen LogP contribution < -0.4 is 5.32 Å². The Labute approximate surface area is 116 Å². The Hall–Kier alpha value is -3.03. The number of nitrogens with one attached hydrogen (secondary N) is 1. The zero-order chi connectivity index (χ0) is 15.6. The molecule has 0 aliphatic heterocycles. The smallest absolute Gasteiger partial charge is 0.338 e. The van der Waals surface area contributed by atoms with E-state index in [1.165, 1.54) is 18.2 Å². The van der Waals surface area contributed by atoms with Crippen LogP contribution in [0.4, 0.5) is 25.8 Å². The van der Waals surface area contributed by atoms with Crippen molar-refractivity contribution in [2.24, 2.45) is 0 Å². The molecule has 0 amide bonds. The highest BCUT2D eigenvalue weighted by Gasteiger charge is 2.22. The lowest BCUT2D eigenvalue weighted by Crippen LogP contribution is -2.05. The van der Waals surface area contributed by atoms with E-state index in [4.69, 9.17) is 5.11 Å². The van der Waals surface area contributed by atoms with Crippen LogP contribution >= 0.6 is 0 Å². The van der Waals surface area contributed by atoms with Gasteiger partial charge >= 0.3 is 5.97 Å². The average molecular weight is 294 g/mol. The van der Waals surface area contributed by atoms with Gasteiger partial charge < -0.3 is 10.4 Å². The zero-order valence-electron chi connectivity index (χ0n) is 10.3. The second-order valence-corrected chi connectivity index (χ2v) is 4.02. The number of halogens is 2. The van der Waals surface area contributed by atoms with Crippen molar-refractivity contribution in [1.29, 1.82) is 0 Å². The van der Waals surface area contributed by atoms with Crippen LogP contribution in [-0.2, 0) is 0 Å². The predicted molar refractivity (Wildman–Crippen MR) is 69.7 cm³/mol. The standard InChI is InChI=1S/C13H8F2N2O4/c14-8-3-1-2-4-10(8)16-11-6-9(15)7(13(18)19)5-12(11)17(20)21/h1-6,16H,(H,18,19). The molecular weight excluding hydrogens is 286 g/mol. The van der Waals surface area contributed by atoms with E-state index in [1.54, 1.807) is 0 Å². The summed E-state index contributed by atoms with van der Waals surface area (Å²) in [7, 11) is 0. The van der Waals surface area contributed by atoms with Crippen molar-refractivity contribution in [2.75, 3.05) is 5.32 Å². The quantitative estimate of drug-likeness (QED) is 0.666. The molecule has 0 fully saturated rings. The van der Waals surface area contributed by atoms with Gasteiger partial charge in [0.05, 0.1) is 10.6 Å². The number of carbonyl (C=O) groups is 1. The highest BCUT2D eigenvalue weighted by molar-refractivity contribution is 5.90. The summed E-state index contributed by atoms with van der Waals surface area (Å²) in [6.07, 6.45) is 0. The Morgan fingerprint density at radius 3 is 2.38 bits per heavy atom. The first-order chi connectivity index (χ1) is 9.90. The average Bonchev–Trinajstić information content (AvgIpc) is 2.40. The lowest BCUT2D eigenvalue weighted by molar-refractivity contribution is -0.384. The van der Waals surface area contributed by atoms with Gasteiger partial charge in [-0.15, -0.1) is 0 Å². The molecule has 0 aromatic heterocycles. The summed E-state index contributed by atoms with van der Waals surface area (Å²) >= 11 is 0.